The summed E-state index contributed by atoms with van der Waals surface area (Å²) in [6.45, 7) is 1.34. The number of nitrogens with zero attached hydrogens (tertiary/aromatic N) is 3. The van der Waals surface area contributed by atoms with Gasteiger partial charge in [-0.1, -0.05) is 18.2 Å². The predicted molar refractivity (Wildman–Crippen MR) is 94.1 cm³/mol. The summed E-state index contributed by atoms with van der Waals surface area (Å²) < 4.78 is 34.1. The van der Waals surface area contributed by atoms with Gasteiger partial charge in [0.2, 0.25) is 0 Å². The molecule has 1 aromatic heterocycles. The van der Waals surface area contributed by atoms with Gasteiger partial charge in [0.05, 0.1) is 6.54 Å². The highest BCUT2D eigenvalue weighted by Crippen LogP contribution is 2.19. The van der Waals surface area contributed by atoms with Gasteiger partial charge in [-0.05, 0) is 35.9 Å². The molecule has 2 aromatic carbocycles. The minimum Gasteiger partial charge on any atom is -0.487 e. The Balaban J connectivity index is 1.46. The molecule has 7 heteroatoms. The highest BCUT2D eigenvalue weighted by atomic mass is 19.1. The van der Waals surface area contributed by atoms with Gasteiger partial charge in [-0.2, -0.15) is 5.10 Å². The Labute approximate surface area is 154 Å². The zero-order chi connectivity index (χ0) is 18.8. The third-order valence-electron chi connectivity index (χ3n) is 4.34. The molecule has 1 aliphatic rings. The molecule has 0 spiro atoms. The molecule has 2 heterocycles. The van der Waals surface area contributed by atoms with Crippen LogP contribution < -0.4 is 4.74 Å². The number of rotatable bonds is 5. The summed E-state index contributed by atoms with van der Waals surface area (Å²) in [5.41, 5.74) is 1.52. The van der Waals surface area contributed by atoms with Crippen LogP contribution in [0.2, 0.25) is 0 Å². The fourth-order valence-electron chi connectivity index (χ4n) is 3.11. The first-order chi connectivity index (χ1) is 13.1. The third-order valence-corrected chi connectivity index (χ3v) is 4.34. The topological polar surface area (TPSA) is 47.4 Å². The van der Waals surface area contributed by atoms with E-state index in [1.807, 2.05) is 30.3 Å². The van der Waals surface area contributed by atoms with Crippen LogP contribution in [0.15, 0.2) is 54.6 Å². The quantitative estimate of drug-likeness (QED) is 0.693. The van der Waals surface area contributed by atoms with Gasteiger partial charge in [-0.3, -0.25) is 9.48 Å². The monoisotopic (exact) mass is 369 g/mol. The van der Waals surface area contributed by atoms with Gasteiger partial charge in [-0.25, -0.2) is 8.78 Å². The molecule has 0 radical (unpaired) electrons. The Hall–Kier alpha value is -3.22. The van der Waals surface area contributed by atoms with E-state index in [-0.39, 0.29) is 19.1 Å². The van der Waals surface area contributed by atoms with Crippen LogP contribution in [0.25, 0.3) is 0 Å². The first-order valence-electron chi connectivity index (χ1n) is 8.57. The minimum atomic E-state index is -0.653. The van der Waals surface area contributed by atoms with Crippen molar-refractivity contribution in [1.29, 1.82) is 0 Å². The van der Waals surface area contributed by atoms with Gasteiger partial charge in [0.15, 0.2) is 0 Å². The number of carbonyl (C=O) groups excluding carboxylic acids is 1. The lowest BCUT2D eigenvalue weighted by Gasteiger charge is -2.27. The van der Waals surface area contributed by atoms with E-state index in [0.29, 0.717) is 30.0 Å². The number of amides is 1. The van der Waals surface area contributed by atoms with E-state index in [9.17, 15) is 13.6 Å². The maximum Gasteiger partial charge on any atom is 0.272 e. The number of ether oxygens (including phenoxy) is 1. The van der Waals surface area contributed by atoms with Crippen molar-refractivity contribution in [3.05, 3.63) is 83.2 Å². The summed E-state index contributed by atoms with van der Waals surface area (Å²) in [6.07, 6.45) is 0. The summed E-state index contributed by atoms with van der Waals surface area (Å²) in [4.78, 5) is 14.3. The van der Waals surface area contributed by atoms with Crippen LogP contribution in [0, 0.1) is 11.6 Å². The molecule has 0 saturated heterocycles. The van der Waals surface area contributed by atoms with Crippen LogP contribution in [0.5, 0.6) is 5.75 Å². The number of carbonyl (C=O) groups is 1. The summed E-state index contributed by atoms with van der Waals surface area (Å²) in [6, 6.07) is 14.3. The van der Waals surface area contributed by atoms with Crippen molar-refractivity contribution in [2.75, 3.05) is 6.54 Å². The molecule has 27 heavy (non-hydrogen) atoms. The summed E-state index contributed by atoms with van der Waals surface area (Å²) in [5.74, 6) is -0.798. The van der Waals surface area contributed by atoms with Crippen molar-refractivity contribution in [3.63, 3.8) is 0 Å². The lowest BCUT2D eigenvalue weighted by molar-refractivity contribution is 0.0683. The second-order valence-corrected chi connectivity index (χ2v) is 6.35. The molecule has 4 rings (SSSR count). The van der Waals surface area contributed by atoms with Crippen molar-refractivity contribution in [2.24, 2.45) is 0 Å². The molecule has 1 aliphatic heterocycles. The average molecular weight is 369 g/mol. The largest absolute Gasteiger partial charge is 0.487 e. The lowest BCUT2D eigenvalue weighted by Crippen LogP contribution is -2.39. The highest BCUT2D eigenvalue weighted by Gasteiger charge is 2.26. The number of halogens is 2. The second-order valence-electron chi connectivity index (χ2n) is 6.35. The Morgan fingerprint density at radius 3 is 2.48 bits per heavy atom. The van der Waals surface area contributed by atoms with Crippen LogP contribution in [0.1, 0.15) is 21.7 Å². The zero-order valence-corrected chi connectivity index (χ0v) is 14.4. The molecule has 0 fully saturated rings. The fourth-order valence-corrected chi connectivity index (χ4v) is 3.11. The number of para-hydroxylation sites is 1. The summed E-state index contributed by atoms with van der Waals surface area (Å²) in [7, 11) is 0. The molecular formula is C20H17F2N3O2. The minimum absolute atomic E-state index is 0.147. The second kappa shape index (κ2) is 7.19. The normalized spacial score (nSPS) is 13.6. The Bertz CT molecular complexity index is 952. The lowest BCUT2D eigenvalue weighted by atomic mass is 10.1. The van der Waals surface area contributed by atoms with Crippen molar-refractivity contribution < 1.29 is 18.3 Å². The first kappa shape index (κ1) is 17.2. The van der Waals surface area contributed by atoms with Gasteiger partial charge < -0.3 is 9.64 Å². The van der Waals surface area contributed by atoms with Crippen molar-refractivity contribution in [3.8, 4) is 5.75 Å². The number of hydrogen-bond donors (Lipinski definition) is 0. The summed E-state index contributed by atoms with van der Waals surface area (Å²) >= 11 is 0. The van der Waals surface area contributed by atoms with Gasteiger partial charge in [0.25, 0.3) is 5.91 Å². The van der Waals surface area contributed by atoms with Crippen LogP contribution in [0.3, 0.4) is 0 Å². The fraction of sp³-hybridized carbons (Fsp3) is 0.200. The zero-order valence-electron chi connectivity index (χ0n) is 14.4. The Morgan fingerprint density at radius 2 is 1.74 bits per heavy atom. The molecular weight excluding hydrogens is 352 g/mol. The molecule has 0 aliphatic carbocycles. The molecule has 0 bridgehead atoms. The van der Waals surface area contributed by atoms with E-state index >= 15 is 0 Å². The van der Waals surface area contributed by atoms with Crippen LogP contribution >= 0.6 is 0 Å². The van der Waals surface area contributed by atoms with Gasteiger partial charge in [0.1, 0.15) is 35.4 Å². The van der Waals surface area contributed by atoms with E-state index in [1.165, 1.54) is 12.1 Å². The number of benzene rings is 2. The standard InChI is InChI=1S/C20H17F2N3O2/c21-15-8-14(9-16(22)10-15)12-24-6-7-25-19(20(24)26)11-17(23-25)13-27-18-4-2-1-3-5-18/h1-5,8-11H,6-7,12-13H2. The van der Waals surface area contributed by atoms with Crippen LogP contribution in [-0.2, 0) is 19.7 Å². The highest BCUT2D eigenvalue weighted by molar-refractivity contribution is 5.93. The molecule has 0 atom stereocenters. The van der Waals surface area contributed by atoms with E-state index < -0.39 is 11.6 Å². The Kier molecular flexibility index (Phi) is 4.58. The predicted octanol–water partition coefficient (Wildman–Crippen LogP) is 3.40. The van der Waals surface area contributed by atoms with Crippen LogP contribution in [0.4, 0.5) is 8.78 Å². The van der Waals surface area contributed by atoms with Crippen molar-refractivity contribution in [2.45, 2.75) is 19.7 Å². The van der Waals surface area contributed by atoms with Gasteiger partial charge in [0, 0.05) is 19.2 Å². The molecule has 3 aromatic rings. The smallest absolute Gasteiger partial charge is 0.272 e. The van der Waals surface area contributed by atoms with Crippen molar-refractivity contribution >= 4 is 5.91 Å². The number of aromatic nitrogens is 2. The molecule has 138 valence electrons. The SMILES string of the molecule is O=C1c2cc(COc3ccccc3)nn2CCN1Cc1cc(F)cc(F)c1. The van der Waals surface area contributed by atoms with E-state index in [4.69, 9.17) is 4.74 Å². The molecule has 0 N–H and O–H groups in total. The third kappa shape index (κ3) is 3.81. The molecule has 1 amide bonds. The molecule has 0 unspecified atom stereocenters. The van der Waals surface area contributed by atoms with Gasteiger partial charge >= 0.3 is 0 Å². The maximum atomic E-state index is 13.4. The van der Waals surface area contributed by atoms with Crippen molar-refractivity contribution in [1.82, 2.24) is 14.7 Å². The van der Waals surface area contributed by atoms with E-state index in [1.54, 1.807) is 15.6 Å². The van der Waals surface area contributed by atoms with E-state index in [2.05, 4.69) is 5.10 Å². The first-order valence-corrected chi connectivity index (χ1v) is 8.57. The maximum absolute atomic E-state index is 13.4. The average Bonchev–Trinajstić information content (AvgIpc) is 3.06. The van der Waals surface area contributed by atoms with E-state index in [0.717, 1.165) is 11.8 Å². The number of fused-ring (bicyclic) bond motifs is 1. The Morgan fingerprint density at radius 1 is 1.00 bits per heavy atom. The van der Waals surface area contributed by atoms with Gasteiger partial charge in [-0.15, -0.1) is 0 Å². The molecule has 5 nitrogen and oxygen atoms in total. The van der Waals surface area contributed by atoms with Crippen LogP contribution in [-0.4, -0.2) is 27.1 Å². The number of hydrogen-bond acceptors (Lipinski definition) is 3. The molecule has 0 saturated carbocycles. The summed E-state index contributed by atoms with van der Waals surface area (Å²) in [5, 5.41) is 4.41.